The van der Waals surface area contributed by atoms with Crippen LogP contribution >= 0.6 is 0 Å². The smallest absolute Gasteiger partial charge is 0.271 e. The number of non-ortho nitro benzene ring substituents is 1. The number of nitro benzene ring substituents is 1. The highest BCUT2D eigenvalue weighted by atomic mass is 32.2. The van der Waals surface area contributed by atoms with Gasteiger partial charge in [-0.05, 0) is 24.6 Å². The van der Waals surface area contributed by atoms with Crippen molar-refractivity contribution in [2.24, 2.45) is 0 Å². The number of hydrogen-bond acceptors (Lipinski definition) is 8. The molecule has 1 unspecified atom stereocenters. The molecule has 3 heterocycles. The van der Waals surface area contributed by atoms with Crippen LogP contribution in [0, 0.1) is 17.0 Å². The summed E-state index contributed by atoms with van der Waals surface area (Å²) >= 11 is 0. The summed E-state index contributed by atoms with van der Waals surface area (Å²) in [6.45, 7) is 5.23. The minimum atomic E-state index is -2.94. The number of aromatic nitrogens is 1. The van der Waals surface area contributed by atoms with Crippen LogP contribution in [0.4, 0.5) is 17.2 Å². The summed E-state index contributed by atoms with van der Waals surface area (Å²) in [5.41, 5.74) is 1.40. The van der Waals surface area contributed by atoms with Gasteiger partial charge in [-0.1, -0.05) is 6.07 Å². The average molecular weight is 476 g/mol. The van der Waals surface area contributed by atoms with Gasteiger partial charge in [0.2, 0.25) is 0 Å². The molecule has 2 aliphatic heterocycles. The molecule has 0 aliphatic carbocycles. The lowest BCUT2D eigenvalue weighted by Gasteiger charge is -2.37. The lowest BCUT2D eigenvalue weighted by molar-refractivity contribution is -0.385. The number of hydrogen-bond donors (Lipinski definition) is 0. The fourth-order valence-electron chi connectivity index (χ4n) is 4.50. The highest BCUT2D eigenvalue weighted by molar-refractivity contribution is 8.01. The van der Waals surface area contributed by atoms with E-state index in [0.717, 1.165) is 11.5 Å². The lowest BCUT2D eigenvalue weighted by Crippen LogP contribution is -2.51. The number of nitrogens with zero attached hydrogens (tertiary/aromatic N) is 5. The van der Waals surface area contributed by atoms with Crippen LogP contribution in [-0.2, 0) is 19.2 Å². The summed E-state index contributed by atoms with van der Waals surface area (Å²) in [5.74, 6) is 0.883. The van der Waals surface area contributed by atoms with Gasteiger partial charge in [-0.15, -0.1) is 0 Å². The molecular formula is C22H29N5O5S. The van der Waals surface area contributed by atoms with E-state index in [2.05, 4.69) is 9.88 Å². The number of ether oxygens (including phenoxy) is 2. The molecule has 11 heteroatoms. The van der Waals surface area contributed by atoms with Crippen molar-refractivity contribution in [3.8, 4) is 0 Å². The van der Waals surface area contributed by atoms with Crippen molar-refractivity contribution in [2.75, 3.05) is 70.0 Å². The summed E-state index contributed by atoms with van der Waals surface area (Å²) in [7, 11) is 0.245. The Bertz CT molecular complexity index is 1140. The van der Waals surface area contributed by atoms with Crippen molar-refractivity contribution >= 4 is 31.9 Å². The third-order valence-corrected chi connectivity index (χ3v) is 8.99. The fraction of sp³-hybridized carbons (Fsp3) is 0.455. The maximum Gasteiger partial charge on any atom is 0.271 e. The molecule has 1 aromatic heterocycles. The van der Waals surface area contributed by atoms with Crippen LogP contribution in [0.5, 0.6) is 0 Å². The molecular weight excluding hydrogens is 446 g/mol. The topological polar surface area (TPSA) is 101 Å². The molecule has 1 atom stereocenters. The van der Waals surface area contributed by atoms with Gasteiger partial charge in [-0.25, -0.2) is 13.5 Å². The lowest BCUT2D eigenvalue weighted by atomic mass is 10.1. The molecule has 2 aliphatic rings. The zero-order chi connectivity index (χ0) is 23.6. The van der Waals surface area contributed by atoms with Gasteiger partial charge < -0.3 is 19.3 Å². The van der Waals surface area contributed by atoms with E-state index in [1.165, 1.54) is 12.1 Å². The molecule has 0 bridgehead atoms. The van der Waals surface area contributed by atoms with Crippen molar-refractivity contribution < 1.29 is 18.6 Å². The zero-order valence-electron chi connectivity index (χ0n) is 19.1. The minimum absolute atomic E-state index is 0.0588. The average Bonchev–Trinajstić information content (AvgIpc) is 3.07. The molecule has 2 aromatic rings. The summed E-state index contributed by atoms with van der Waals surface area (Å²) in [6, 6.07) is 8.79. The Labute approximate surface area is 194 Å². The quantitative estimate of drug-likeness (QED) is 0.324. The van der Waals surface area contributed by atoms with Crippen LogP contribution in [0.15, 0.2) is 41.4 Å². The van der Waals surface area contributed by atoms with Crippen molar-refractivity contribution in [3.63, 3.8) is 0 Å². The zero-order valence-corrected chi connectivity index (χ0v) is 19.9. The highest BCUT2D eigenvalue weighted by Gasteiger charge is 2.41. The summed E-state index contributed by atoms with van der Waals surface area (Å²) in [6.07, 6.45) is 1.76. The van der Waals surface area contributed by atoms with E-state index in [0.29, 0.717) is 54.8 Å². The number of aryl methyl sites for hydroxylation is 1. The molecule has 0 spiro atoms. The van der Waals surface area contributed by atoms with E-state index in [9.17, 15) is 14.3 Å². The maximum absolute atomic E-state index is 14.9. The first-order chi connectivity index (χ1) is 15.9. The van der Waals surface area contributed by atoms with Crippen molar-refractivity contribution in [2.45, 2.75) is 11.8 Å². The van der Waals surface area contributed by atoms with Crippen LogP contribution < -0.4 is 9.80 Å². The number of fused-ring (bicyclic) bond motifs is 1. The van der Waals surface area contributed by atoms with Gasteiger partial charge in [0.15, 0.2) is 0 Å². The second kappa shape index (κ2) is 9.64. The molecule has 0 amide bonds. The minimum Gasteiger partial charge on any atom is -0.383 e. The highest BCUT2D eigenvalue weighted by Crippen LogP contribution is 2.41. The number of nitro groups is 1. The fourth-order valence-corrected chi connectivity index (χ4v) is 7.58. The largest absolute Gasteiger partial charge is 0.383 e. The van der Waals surface area contributed by atoms with Gasteiger partial charge >= 0.3 is 0 Å². The van der Waals surface area contributed by atoms with Crippen molar-refractivity contribution in [1.82, 2.24) is 9.29 Å². The molecule has 178 valence electrons. The number of pyridine rings is 1. The van der Waals surface area contributed by atoms with Crippen LogP contribution in [0.1, 0.15) is 5.56 Å². The SMILES string of the molecule is COCCN1C(COC)=S(=O)(N2CCN(c3ccccn3)CC2)c2cc([N+](=O)[O-])cc(C)c21. The van der Waals surface area contributed by atoms with Gasteiger partial charge in [-0.2, -0.15) is 0 Å². The van der Waals surface area contributed by atoms with Gasteiger partial charge in [0.25, 0.3) is 5.69 Å². The Morgan fingerprint density at radius 3 is 2.52 bits per heavy atom. The Kier molecular flexibility index (Phi) is 6.84. The van der Waals surface area contributed by atoms with Gasteiger partial charge in [0.05, 0.1) is 38.4 Å². The second-order valence-electron chi connectivity index (χ2n) is 7.97. The molecule has 0 saturated carbocycles. The van der Waals surface area contributed by atoms with E-state index < -0.39 is 14.6 Å². The van der Waals surface area contributed by atoms with Crippen LogP contribution in [0.2, 0.25) is 0 Å². The molecule has 10 nitrogen and oxygen atoms in total. The first kappa shape index (κ1) is 23.4. The Hall–Kier alpha value is -2.73. The molecule has 4 rings (SSSR count). The van der Waals surface area contributed by atoms with Crippen LogP contribution in [0.3, 0.4) is 0 Å². The molecule has 1 fully saturated rings. The number of benzene rings is 1. The van der Waals surface area contributed by atoms with E-state index in [-0.39, 0.29) is 12.3 Å². The third-order valence-electron chi connectivity index (χ3n) is 6.01. The van der Waals surface area contributed by atoms with Gasteiger partial charge in [0, 0.05) is 65.3 Å². The summed E-state index contributed by atoms with van der Waals surface area (Å²) in [4.78, 5) is 20.8. The first-order valence-corrected chi connectivity index (χ1v) is 12.3. The van der Waals surface area contributed by atoms with E-state index >= 15 is 0 Å². The molecule has 0 N–H and O–H groups in total. The van der Waals surface area contributed by atoms with E-state index in [1.807, 2.05) is 34.3 Å². The summed E-state index contributed by atoms with van der Waals surface area (Å²) < 4.78 is 27.6. The Morgan fingerprint density at radius 1 is 1.15 bits per heavy atom. The monoisotopic (exact) mass is 475 g/mol. The number of anilines is 2. The van der Waals surface area contributed by atoms with Crippen LogP contribution in [0.25, 0.3) is 0 Å². The maximum atomic E-state index is 14.9. The van der Waals surface area contributed by atoms with Gasteiger partial charge in [0.1, 0.15) is 10.8 Å². The molecule has 33 heavy (non-hydrogen) atoms. The summed E-state index contributed by atoms with van der Waals surface area (Å²) in [5, 5.41) is 11.6. The Morgan fingerprint density at radius 2 is 1.91 bits per heavy atom. The third kappa shape index (κ3) is 4.17. The molecule has 1 aromatic carbocycles. The molecule has 0 radical (unpaired) electrons. The second-order valence-corrected chi connectivity index (χ2v) is 10.4. The van der Waals surface area contributed by atoms with Crippen molar-refractivity contribution in [3.05, 3.63) is 52.2 Å². The first-order valence-electron chi connectivity index (χ1n) is 10.8. The normalized spacial score (nSPS) is 20.9. The number of rotatable bonds is 8. The number of methoxy groups -OCH3 is 2. The predicted molar refractivity (Wildman–Crippen MR) is 128 cm³/mol. The standard InChI is InChI=1S/C22H29N5O5S/c1-17-14-18(27(28)29)15-19-22(17)26(12-13-31-2)21(16-32-3)33(19,30)25-10-8-24(9-11-25)20-6-4-5-7-23-20/h4-7,14-15H,8-13,16H2,1-3H3. The molecule has 1 saturated heterocycles. The van der Waals surface area contributed by atoms with E-state index in [4.69, 9.17) is 9.47 Å². The van der Waals surface area contributed by atoms with Crippen molar-refractivity contribution in [1.29, 1.82) is 0 Å². The van der Waals surface area contributed by atoms with E-state index in [1.54, 1.807) is 20.4 Å². The Balaban J connectivity index is 1.79. The number of piperazine rings is 1. The predicted octanol–water partition coefficient (Wildman–Crippen LogP) is 1.92. The van der Waals surface area contributed by atoms with Gasteiger partial charge in [-0.3, -0.25) is 10.1 Å². The van der Waals surface area contributed by atoms with Crippen LogP contribution in [-0.4, -0.2) is 83.6 Å².